The molecule has 2 aliphatic heterocycles. The first-order valence-corrected chi connectivity index (χ1v) is 11.4. The largest absolute Gasteiger partial charge is 0.490 e. The molecule has 0 aliphatic carbocycles. The number of hydrogen-bond donors (Lipinski definition) is 2. The van der Waals surface area contributed by atoms with E-state index in [4.69, 9.17) is 14.2 Å². The van der Waals surface area contributed by atoms with Crippen molar-refractivity contribution in [2.45, 2.75) is 32.2 Å². The summed E-state index contributed by atoms with van der Waals surface area (Å²) in [5.74, 6) is -0.481. The number of esters is 1. The lowest BCUT2D eigenvalue weighted by Crippen LogP contribution is -2.42. The van der Waals surface area contributed by atoms with Crippen LogP contribution in [0, 0.1) is 0 Å². The van der Waals surface area contributed by atoms with E-state index in [1.165, 1.54) is 12.1 Å². The predicted molar refractivity (Wildman–Crippen MR) is 125 cm³/mol. The van der Waals surface area contributed by atoms with Crippen LogP contribution in [0.2, 0.25) is 0 Å². The van der Waals surface area contributed by atoms with Gasteiger partial charge in [0.05, 0.1) is 25.4 Å². The summed E-state index contributed by atoms with van der Waals surface area (Å²) in [4.78, 5) is 51.2. The van der Waals surface area contributed by atoms with Gasteiger partial charge in [-0.25, -0.2) is 9.59 Å². The van der Waals surface area contributed by atoms with Gasteiger partial charge in [-0.1, -0.05) is 13.0 Å². The second-order valence-corrected chi connectivity index (χ2v) is 8.42. The van der Waals surface area contributed by atoms with Crippen molar-refractivity contribution < 1.29 is 33.4 Å². The fourth-order valence-electron chi connectivity index (χ4n) is 3.82. The fourth-order valence-corrected chi connectivity index (χ4v) is 3.82. The minimum Gasteiger partial charge on any atom is -0.490 e. The SMILES string of the molecule is CCCOC(=O)c1ccc(NC(=O)CN2C(=O)NC(C)(c3ccc4c(c3)OCCCO4)C2=O)cc1. The molecule has 35 heavy (non-hydrogen) atoms. The highest BCUT2D eigenvalue weighted by molar-refractivity contribution is 6.10. The van der Waals surface area contributed by atoms with E-state index in [9.17, 15) is 19.2 Å². The molecular formula is C25H27N3O7. The topological polar surface area (TPSA) is 123 Å². The lowest BCUT2D eigenvalue weighted by atomic mass is 9.91. The van der Waals surface area contributed by atoms with Crippen molar-refractivity contribution in [1.82, 2.24) is 10.2 Å². The second kappa shape index (κ2) is 10.0. The average Bonchev–Trinajstić information content (AvgIpc) is 3.01. The molecule has 0 radical (unpaired) electrons. The quantitative estimate of drug-likeness (QED) is 0.460. The van der Waals surface area contributed by atoms with E-state index in [2.05, 4.69) is 10.6 Å². The van der Waals surface area contributed by atoms with Gasteiger partial charge in [0.15, 0.2) is 11.5 Å². The molecule has 1 saturated heterocycles. The number of anilines is 1. The molecule has 10 nitrogen and oxygen atoms in total. The van der Waals surface area contributed by atoms with Gasteiger partial charge in [-0.15, -0.1) is 0 Å². The van der Waals surface area contributed by atoms with Crippen LogP contribution in [0.4, 0.5) is 10.5 Å². The standard InChI is InChI=1S/C25H27N3O7/c1-3-11-35-22(30)16-5-8-18(9-6-16)26-21(29)15-28-23(31)25(2,27-24(28)32)17-7-10-19-20(14-17)34-13-4-12-33-19/h5-10,14H,3-4,11-13,15H2,1-2H3,(H,26,29)(H,27,32). The number of urea groups is 1. The number of hydrogen-bond acceptors (Lipinski definition) is 7. The van der Waals surface area contributed by atoms with Crippen molar-refractivity contribution >= 4 is 29.5 Å². The zero-order valence-electron chi connectivity index (χ0n) is 19.6. The average molecular weight is 482 g/mol. The van der Waals surface area contributed by atoms with E-state index >= 15 is 0 Å². The first kappa shape index (κ1) is 24.1. The van der Waals surface area contributed by atoms with Gasteiger partial charge in [0.25, 0.3) is 5.91 Å². The molecule has 4 amide bonds. The summed E-state index contributed by atoms with van der Waals surface area (Å²) in [5, 5.41) is 5.32. The predicted octanol–water partition coefficient (Wildman–Crippen LogP) is 2.82. The van der Waals surface area contributed by atoms with Crippen LogP contribution < -0.4 is 20.1 Å². The summed E-state index contributed by atoms with van der Waals surface area (Å²) in [5.41, 5.74) is -0.0625. The molecule has 4 rings (SSSR count). The van der Waals surface area contributed by atoms with Crippen molar-refractivity contribution in [1.29, 1.82) is 0 Å². The zero-order valence-corrected chi connectivity index (χ0v) is 19.6. The van der Waals surface area contributed by atoms with Crippen molar-refractivity contribution in [3.63, 3.8) is 0 Å². The molecule has 184 valence electrons. The molecule has 0 aromatic heterocycles. The monoisotopic (exact) mass is 481 g/mol. The molecular weight excluding hydrogens is 454 g/mol. The number of rotatable bonds is 7. The number of nitrogens with one attached hydrogen (secondary N) is 2. The Morgan fingerprint density at radius 1 is 1.09 bits per heavy atom. The van der Waals surface area contributed by atoms with Gasteiger partial charge in [-0.2, -0.15) is 0 Å². The minimum absolute atomic E-state index is 0.328. The van der Waals surface area contributed by atoms with E-state index in [0.717, 1.165) is 17.7 Å². The molecule has 1 fully saturated rings. The Balaban J connectivity index is 1.42. The number of imide groups is 1. The Labute approximate surface area is 202 Å². The van der Waals surface area contributed by atoms with Crippen LogP contribution >= 0.6 is 0 Å². The maximum absolute atomic E-state index is 13.2. The van der Waals surface area contributed by atoms with E-state index in [-0.39, 0.29) is 0 Å². The van der Waals surface area contributed by atoms with E-state index in [1.807, 2.05) is 6.92 Å². The Bertz CT molecular complexity index is 1150. The molecule has 0 saturated carbocycles. The molecule has 10 heteroatoms. The van der Waals surface area contributed by atoms with Crippen LogP contribution in [0.1, 0.15) is 42.6 Å². The van der Waals surface area contributed by atoms with E-state index in [1.54, 1.807) is 37.3 Å². The van der Waals surface area contributed by atoms with Crippen molar-refractivity contribution in [3.05, 3.63) is 53.6 Å². The Morgan fingerprint density at radius 2 is 1.80 bits per heavy atom. The molecule has 0 spiro atoms. The van der Waals surface area contributed by atoms with Crippen LogP contribution in [0.3, 0.4) is 0 Å². The Kier molecular flexibility index (Phi) is 6.90. The highest BCUT2D eigenvalue weighted by Gasteiger charge is 2.49. The molecule has 2 heterocycles. The minimum atomic E-state index is -1.36. The normalized spacial score (nSPS) is 19.1. The molecule has 2 aromatic carbocycles. The number of amides is 4. The van der Waals surface area contributed by atoms with Crippen LogP contribution in [0.25, 0.3) is 0 Å². The number of nitrogens with zero attached hydrogens (tertiary/aromatic N) is 1. The summed E-state index contributed by atoms with van der Waals surface area (Å²) in [6.07, 6.45) is 1.46. The van der Waals surface area contributed by atoms with E-state index < -0.39 is 35.9 Å². The summed E-state index contributed by atoms with van der Waals surface area (Å²) < 4.78 is 16.4. The highest BCUT2D eigenvalue weighted by atomic mass is 16.5. The third kappa shape index (κ3) is 5.06. The Hall–Kier alpha value is -4.08. The van der Waals surface area contributed by atoms with Crippen LogP contribution in [-0.2, 0) is 19.9 Å². The van der Waals surface area contributed by atoms with Gasteiger partial charge >= 0.3 is 12.0 Å². The smallest absolute Gasteiger partial charge is 0.338 e. The lowest BCUT2D eigenvalue weighted by molar-refractivity contribution is -0.133. The maximum atomic E-state index is 13.2. The van der Waals surface area contributed by atoms with Gasteiger partial charge in [-0.05, 0) is 55.3 Å². The Morgan fingerprint density at radius 3 is 2.51 bits per heavy atom. The van der Waals surface area contributed by atoms with Gasteiger partial charge in [-0.3, -0.25) is 14.5 Å². The molecule has 0 bridgehead atoms. The summed E-state index contributed by atoms with van der Waals surface area (Å²) in [6.45, 7) is 4.37. The van der Waals surface area contributed by atoms with Gasteiger partial charge in [0.1, 0.15) is 12.1 Å². The van der Waals surface area contributed by atoms with Crippen LogP contribution in [0.5, 0.6) is 11.5 Å². The number of carbonyl (C=O) groups excluding carboxylic acids is 4. The molecule has 2 aliphatic rings. The number of ether oxygens (including phenoxy) is 3. The first-order valence-electron chi connectivity index (χ1n) is 11.4. The molecule has 1 unspecified atom stereocenters. The van der Waals surface area contributed by atoms with Crippen LogP contribution in [0.15, 0.2) is 42.5 Å². The molecule has 2 aromatic rings. The second-order valence-electron chi connectivity index (χ2n) is 8.42. The third-order valence-corrected chi connectivity index (χ3v) is 5.74. The van der Waals surface area contributed by atoms with Gasteiger partial charge in [0, 0.05) is 12.1 Å². The number of benzene rings is 2. The summed E-state index contributed by atoms with van der Waals surface area (Å²) in [7, 11) is 0. The van der Waals surface area contributed by atoms with Gasteiger partial charge < -0.3 is 24.8 Å². The van der Waals surface area contributed by atoms with Crippen molar-refractivity contribution in [2.24, 2.45) is 0 Å². The third-order valence-electron chi connectivity index (χ3n) is 5.74. The first-order chi connectivity index (χ1) is 16.8. The van der Waals surface area contributed by atoms with Crippen molar-refractivity contribution in [3.8, 4) is 11.5 Å². The van der Waals surface area contributed by atoms with E-state index in [0.29, 0.717) is 48.1 Å². The number of fused-ring (bicyclic) bond motifs is 1. The van der Waals surface area contributed by atoms with Crippen LogP contribution in [-0.4, -0.2) is 55.1 Å². The fraction of sp³-hybridized carbons (Fsp3) is 0.360. The van der Waals surface area contributed by atoms with Crippen molar-refractivity contribution in [2.75, 3.05) is 31.7 Å². The highest BCUT2D eigenvalue weighted by Crippen LogP contribution is 2.36. The maximum Gasteiger partial charge on any atom is 0.338 e. The number of carbonyl (C=O) groups is 4. The molecule has 2 N–H and O–H groups in total. The summed E-state index contributed by atoms with van der Waals surface area (Å²) >= 11 is 0. The summed E-state index contributed by atoms with van der Waals surface area (Å²) in [6, 6.07) is 10.6. The van der Waals surface area contributed by atoms with Gasteiger partial charge in [0.2, 0.25) is 5.91 Å². The molecule has 1 atom stereocenters. The zero-order chi connectivity index (χ0) is 25.0. The lowest BCUT2D eigenvalue weighted by Gasteiger charge is -2.23.